The van der Waals surface area contributed by atoms with Gasteiger partial charge in [0.2, 0.25) is 5.91 Å². The molecule has 2 amide bonds. The molecule has 2 saturated heterocycles. The van der Waals surface area contributed by atoms with E-state index in [0.717, 1.165) is 50.2 Å². The molecule has 4 rings (SSSR count). The number of nitrogens with zero attached hydrogens (tertiary/aromatic N) is 4. The highest BCUT2D eigenvalue weighted by Crippen LogP contribution is 2.29. The second-order valence-electron chi connectivity index (χ2n) is 9.25. The normalized spacial score (nSPS) is 18.9. The second-order valence-corrected chi connectivity index (χ2v) is 10.5. The number of likely N-dealkylation sites (N-methyl/N-ethyl adjacent to an activating group) is 1. The van der Waals surface area contributed by atoms with E-state index in [1.807, 2.05) is 41.3 Å². The summed E-state index contributed by atoms with van der Waals surface area (Å²) in [6.45, 7) is 9.10. The molecule has 0 radical (unpaired) electrons. The largest absolute Gasteiger partial charge is 0.497 e. The number of anilines is 2. The summed E-state index contributed by atoms with van der Waals surface area (Å²) < 4.78 is 6.19. The van der Waals surface area contributed by atoms with Crippen molar-refractivity contribution in [3.63, 3.8) is 0 Å². The number of methoxy groups -OCH3 is 1. The van der Waals surface area contributed by atoms with Gasteiger partial charge in [0, 0.05) is 42.9 Å². The lowest BCUT2D eigenvalue weighted by Gasteiger charge is -2.34. The molecule has 8 nitrogen and oxygen atoms in total. The van der Waals surface area contributed by atoms with Gasteiger partial charge in [-0.1, -0.05) is 22.9 Å². The quantitative estimate of drug-likeness (QED) is 0.424. The molecule has 2 aromatic rings. The fraction of sp³-hybridized carbons (Fsp3) is 0.444. The number of ether oxygens (including phenoxy) is 1. The van der Waals surface area contributed by atoms with Gasteiger partial charge in [-0.25, -0.2) is 0 Å². The van der Waals surface area contributed by atoms with Crippen molar-refractivity contribution in [1.29, 1.82) is 0 Å². The summed E-state index contributed by atoms with van der Waals surface area (Å²) in [7, 11) is 1.60. The Morgan fingerprint density at radius 3 is 2.30 bits per heavy atom. The van der Waals surface area contributed by atoms with Gasteiger partial charge in [0.25, 0.3) is 5.91 Å². The molecule has 2 aromatic carbocycles. The molecule has 2 aliphatic rings. The Morgan fingerprint density at radius 2 is 1.68 bits per heavy atom. The maximum atomic E-state index is 13.6. The van der Waals surface area contributed by atoms with Gasteiger partial charge in [0.1, 0.15) is 11.8 Å². The van der Waals surface area contributed by atoms with Crippen molar-refractivity contribution >= 4 is 56.4 Å². The number of halogens is 1. The first-order valence-electron chi connectivity index (χ1n) is 12.7. The Balaban J connectivity index is 1.45. The van der Waals surface area contributed by atoms with Gasteiger partial charge < -0.3 is 24.8 Å². The number of hydrogen-bond donors (Lipinski definition) is 1. The van der Waals surface area contributed by atoms with Crippen LogP contribution in [0.25, 0.3) is 0 Å². The van der Waals surface area contributed by atoms with E-state index in [1.54, 1.807) is 24.1 Å². The van der Waals surface area contributed by atoms with Crippen LogP contribution in [-0.4, -0.2) is 90.6 Å². The zero-order valence-corrected chi connectivity index (χ0v) is 23.8. The number of carbonyl (C=O) groups excluding carboxylic acids is 2. The predicted molar refractivity (Wildman–Crippen MR) is 154 cm³/mol. The molecule has 2 fully saturated rings. The minimum atomic E-state index is -0.651. The Morgan fingerprint density at radius 1 is 1.03 bits per heavy atom. The smallest absolute Gasteiger partial charge is 0.256 e. The average Bonchev–Trinajstić information content (AvgIpc) is 3.14. The van der Waals surface area contributed by atoms with Gasteiger partial charge in [-0.2, -0.15) is 0 Å². The maximum Gasteiger partial charge on any atom is 0.256 e. The third-order valence-electron chi connectivity index (χ3n) is 6.94. The van der Waals surface area contributed by atoms with Gasteiger partial charge in [0.15, 0.2) is 5.11 Å². The van der Waals surface area contributed by atoms with E-state index in [2.05, 4.69) is 38.0 Å². The fourth-order valence-electron chi connectivity index (χ4n) is 4.77. The molecule has 0 aliphatic carbocycles. The number of hydrogen-bond acceptors (Lipinski definition) is 6. The second kappa shape index (κ2) is 12.8. The molecule has 37 heavy (non-hydrogen) atoms. The summed E-state index contributed by atoms with van der Waals surface area (Å²) in [6, 6.07) is 14.0. The summed E-state index contributed by atoms with van der Waals surface area (Å²) in [5, 5.41) is 3.35. The highest BCUT2D eigenvalue weighted by Gasteiger charge is 2.43. The summed E-state index contributed by atoms with van der Waals surface area (Å²) >= 11 is 9.20. The summed E-state index contributed by atoms with van der Waals surface area (Å²) in [5.74, 6) is 0.296. The Hall–Kier alpha value is -2.53. The lowest BCUT2D eigenvalue weighted by atomic mass is 10.1. The first-order valence-corrected chi connectivity index (χ1v) is 13.9. The Bertz CT molecular complexity index is 1090. The number of rotatable bonds is 10. The summed E-state index contributed by atoms with van der Waals surface area (Å²) in [4.78, 5) is 35.0. The standard InChI is InChI=1S/C27H34BrN5O3S/c1-3-30-15-17-31(18-16-30)13-4-14-32-24(19-25(34)29-21-7-5-20(28)6-8-21)26(35)33(27(32)37)22-9-11-23(36-2)12-10-22/h5-12,24H,3-4,13-19H2,1-2H3,(H,29,34). The summed E-state index contributed by atoms with van der Waals surface area (Å²) in [6.07, 6.45) is 0.887. The molecule has 2 heterocycles. The van der Waals surface area contributed by atoms with Gasteiger partial charge >= 0.3 is 0 Å². The van der Waals surface area contributed by atoms with Crippen molar-refractivity contribution in [3.05, 3.63) is 53.0 Å². The van der Waals surface area contributed by atoms with E-state index in [1.165, 1.54) is 0 Å². The average molecular weight is 589 g/mol. The molecule has 0 saturated carbocycles. The third kappa shape index (κ3) is 6.87. The highest BCUT2D eigenvalue weighted by molar-refractivity contribution is 9.10. The molecule has 1 unspecified atom stereocenters. The molecule has 198 valence electrons. The predicted octanol–water partition coefficient (Wildman–Crippen LogP) is 3.82. The Kier molecular flexibility index (Phi) is 9.53. The maximum absolute atomic E-state index is 13.6. The molecule has 0 spiro atoms. The number of nitrogens with one attached hydrogen (secondary N) is 1. The van der Waals surface area contributed by atoms with E-state index in [-0.39, 0.29) is 18.2 Å². The monoisotopic (exact) mass is 587 g/mol. The molecule has 10 heteroatoms. The Labute approximate surface area is 232 Å². The number of thiocarbonyl (C=S) groups is 1. The van der Waals surface area contributed by atoms with Crippen LogP contribution >= 0.6 is 28.1 Å². The summed E-state index contributed by atoms with van der Waals surface area (Å²) in [5.41, 5.74) is 1.36. The van der Waals surface area contributed by atoms with Gasteiger partial charge in [-0.05, 0) is 80.3 Å². The van der Waals surface area contributed by atoms with Crippen LogP contribution in [0.1, 0.15) is 19.8 Å². The first kappa shape index (κ1) is 27.5. The van der Waals surface area contributed by atoms with Crippen LogP contribution in [0.5, 0.6) is 5.75 Å². The van der Waals surface area contributed by atoms with Crippen LogP contribution in [0.2, 0.25) is 0 Å². The first-order chi connectivity index (χ1) is 17.9. The highest BCUT2D eigenvalue weighted by atomic mass is 79.9. The molecular weight excluding hydrogens is 554 g/mol. The zero-order chi connectivity index (χ0) is 26.4. The van der Waals surface area contributed by atoms with Crippen LogP contribution in [0.3, 0.4) is 0 Å². The van der Waals surface area contributed by atoms with Crippen LogP contribution in [0, 0.1) is 0 Å². The number of benzene rings is 2. The molecule has 2 aliphatic heterocycles. The van der Waals surface area contributed by atoms with Gasteiger partial charge in [0.05, 0.1) is 19.2 Å². The minimum absolute atomic E-state index is 0.0247. The zero-order valence-electron chi connectivity index (χ0n) is 21.4. The van der Waals surface area contributed by atoms with Crippen LogP contribution < -0.4 is 15.0 Å². The van der Waals surface area contributed by atoms with Gasteiger partial charge in [-0.3, -0.25) is 14.5 Å². The van der Waals surface area contributed by atoms with E-state index in [4.69, 9.17) is 17.0 Å². The topological polar surface area (TPSA) is 68.4 Å². The van der Waals surface area contributed by atoms with E-state index >= 15 is 0 Å². The molecule has 0 aromatic heterocycles. The van der Waals surface area contributed by atoms with Crippen molar-refractivity contribution in [2.75, 3.05) is 63.1 Å². The van der Waals surface area contributed by atoms with Crippen molar-refractivity contribution in [3.8, 4) is 5.75 Å². The number of amides is 2. The van der Waals surface area contributed by atoms with Crippen molar-refractivity contribution < 1.29 is 14.3 Å². The van der Waals surface area contributed by atoms with Crippen molar-refractivity contribution in [2.24, 2.45) is 0 Å². The van der Waals surface area contributed by atoms with Gasteiger partial charge in [-0.15, -0.1) is 0 Å². The molecule has 1 N–H and O–H groups in total. The third-order valence-corrected chi connectivity index (χ3v) is 7.89. The minimum Gasteiger partial charge on any atom is -0.497 e. The van der Waals surface area contributed by atoms with Crippen LogP contribution in [-0.2, 0) is 9.59 Å². The molecular formula is C27H34BrN5O3S. The molecule has 0 bridgehead atoms. The number of piperazine rings is 1. The van der Waals surface area contributed by atoms with E-state index in [0.29, 0.717) is 28.8 Å². The lowest BCUT2D eigenvalue weighted by molar-refractivity contribution is -0.124. The number of carbonyl (C=O) groups is 2. The van der Waals surface area contributed by atoms with Crippen molar-refractivity contribution in [1.82, 2.24) is 14.7 Å². The fourth-order valence-corrected chi connectivity index (χ4v) is 5.45. The van der Waals surface area contributed by atoms with Crippen molar-refractivity contribution in [2.45, 2.75) is 25.8 Å². The lowest BCUT2D eigenvalue weighted by Crippen LogP contribution is -2.47. The van der Waals surface area contributed by atoms with Crippen LogP contribution in [0.15, 0.2) is 53.0 Å². The van der Waals surface area contributed by atoms with E-state index < -0.39 is 6.04 Å². The van der Waals surface area contributed by atoms with E-state index in [9.17, 15) is 9.59 Å². The SMILES string of the molecule is CCN1CCN(CCCN2C(=S)N(c3ccc(OC)cc3)C(=O)C2CC(=O)Nc2ccc(Br)cc2)CC1. The molecule has 1 atom stereocenters. The van der Waals surface area contributed by atoms with Crippen LogP contribution in [0.4, 0.5) is 11.4 Å².